The fourth-order valence-corrected chi connectivity index (χ4v) is 3.20. The largest absolute Gasteiger partial charge is 0.340 e. The van der Waals surface area contributed by atoms with Gasteiger partial charge in [-0.3, -0.25) is 4.79 Å². The Morgan fingerprint density at radius 2 is 1.82 bits per heavy atom. The molecule has 0 aromatic carbocycles. The zero-order chi connectivity index (χ0) is 12.5. The van der Waals surface area contributed by atoms with Crippen LogP contribution in [0.5, 0.6) is 0 Å². The number of likely N-dealkylation sites (tertiary alicyclic amines) is 1. The molecule has 2 fully saturated rings. The zero-order valence-corrected chi connectivity index (χ0v) is 11.5. The molecular formula is C14H26N2O. The van der Waals surface area contributed by atoms with Gasteiger partial charge < -0.3 is 10.2 Å². The predicted molar refractivity (Wildman–Crippen MR) is 69.9 cm³/mol. The molecule has 0 spiro atoms. The van der Waals surface area contributed by atoms with Crippen molar-refractivity contribution in [3.63, 3.8) is 0 Å². The molecule has 1 heterocycles. The van der Waals surface area contributed by atoms with Gasteiger partial charge in [0.1, 0.15) is 0 Å². The van der Waals surface area contributed by atoms with Crippen LogP contribution in [0.3, 0.4) is 0 Å². The number of hydrogen-bond acceptors (Lipinski definition) is 2. The van der Waals surface area contributed by atoms with Crippen LogP contribution in [0.25, 0.3) is 0 Å². The van der Waals surface area contributed by atoms with Gasteiger partial charge in [0.05, 0.1) is 0 Å². The Balaban J connectivity index is 1.80. The molecule has 1 N–H and O–H groups in total. The molecule has 0 aromatic rings. The van der Waals surface area contributed by atoms with E-state index in [4.69, 9.17) is 0 Å². The van der Waals surface area contributed by atoms with Crippen molar-refractivity contribution in [2.75, 3.05) is 6.54 Å². The van der Waals surface area contributed by atoms with Gasteiger partial charge in [0, 0.05) is 30.6 Å². The van der Waals surface area contributed by atoms with Crippen LogP contribution in [0.2, 0.25) is 0 Å². The van der Waals surface area contributed by atoms with E-state index in [0.29, 0.717) is 18.0 Å². The lowest BCUT2D eigenvalue weighted by molar-refractivity contribution is -0.130. The van der Waals surface area contributed by atoms with Gasteiger partial charge in [-0.2, -0.15) is 0 Å². The number of nitrogens with one attached hydrogen (secondary N) is 1. The number of carbonyl (C=O) groups is 1. The summed E-state index contributed by atoms with van der Waals surface area (Å²) in [5.41, 5.74) is 0.209. The summed E-state index contributed by atoms with van der Waals surface area (Å²) < 4.78 is 0. The summed E-state index contributed by atoms with van der Waals surface area (Å²) in [5.74, 6) is 0.386. The van der Waals surface area contributed by atoms with Gasteiger partial charge >= 0.3 is 0 Å². The van der Waals surface area contributed by atoms with Crippen LogP contribution in [-0.2, 0) is 4.79 Å². The molecule has 98 valence electrons. The van der Waals surface area contributed by atoms with Crippen LogP contribution in [0.1, 0.15) is 59.3 Å². The van der Waals surface area contributed by atoms with Gasteiger partial charge in [-0.15, -0.1) is 0 Å². The summed E-state index contributed by atoms with van der Waals surface area (Å²) in [6, 6.07) is 1.17. The summed E-state index contributed by atoms with van der Waals surface area (Å²) in [7, 11) is 0. The third-order valence-electron chi connectivity index (χ3n) is 3.88. The normalized spacial score (nSPS) is 31.0. The van der Waals surface area contributed by atoms with E-state index in [9.17, 15) is 4.79 Å². The molecule has 1 aliphatic heterocycles. The minimum absolute atomic E-state index is 0.209. The SMILES string of the molecule is CC(C)(C)NC1CCC(N2CCCC2=O)CC1. The fraction of sp³-hybridized carbons (Fsp3) is 0.929. The van der Waals surface area contributed by atoms with Crippen LogP contribution >= 0.6 is 0 Å². The summed E-state index contributed by atoms with van der Waals surface area (Å²) in [4.78, 5) is 13.8. The molecule has 2 rings (SSSR count). The highest BCUT2D eigenvalue weighted by atomic mass is 16.2. The summed E-state index contributed by atoms with van der Waals surface area (Å²) in [5, 5.41) is 3.68. The van der Waals surface area contributed by atoms with E-state index in [1.807, 2.05) is 0 Å². The molecule has 1 aliphatic carbocycles. The van der Waals surface area contributed by atoms with Gasteiger partial charge in [-0.1, -0.05) is 0 Å². The molecule has 1 saturated heterocycles. The molecular weight excluding hydrogens is 212 g/mol. The molecule has 0 bridgehead atoms. The van der Waals surface area contributed by atoms with Crippen molar-refractivity contribution in [2.24, 2.45) is 0 Å². The van der Waals surface area contributed by atoms with Crippen LogP contribution in [-0.4, -0.2) is 35.0 Å². The Labute approximate surface area is 105 Å². The lowest BCUT2D eigenvalue weighted by Crippen LogP contribution is -2.48. The monoisotopic (exact) mass is 238 g/mol. The number of rotatable bonds is 2. The summed E-state index contributed by atoms with van der Waals surface area (Å²) in [6.07, 6.45) is 6.63. The van der Waals surface area contributed by atoms with Crippen LogP contribution < -0.4 is 5.32 Å². The van der Waals surface area contributed by atoms with Gasteiger partial charge in [-0.25, -0.2) is 0 Å². The highest BCUT2D eigenvalue weighted by Gasteiger charge is 2.32. The highest BCUT2D eigenvalue weighted by molar-refractivity contribution is 5.78. The smallest absolute Gasteiger partial charge is 0.222 e. The van der Waals surface area contributed by atoms with Crippen LogP contribution in [0, 0.1) is 0 Å². The second-order valence-electron chi connectivity index (χ2n) is 6.59. The first-order chi connectivity index (χ1) is 7.96. The van der Waals surface area contributed by atoms with E-state index in [0.717, 1.165) is 19.4 Å². The molecule has 3 heteroatoms. The standard InChI is InChI=1S/C14H26N2O/c1-14(2,3)15-11-6-8-12(9-7-11)16-10-4-5-13(16)17/h11-12,15H,4-10H2,1-3H3. The molecule has 0 unspecified atom stereocenters. The predicted octanol–water partition coefficient (Wildman–Crippen LogP) is 2.31. The van der Waals surface area contributed by atoms with Crippen molar-refractivity contribution in [2.45, 2.75) is 76.9 Å². The van der Waals surface area contributed by atoms with E-state index in [1.54, 1.807) is 0 Å². The summed E-state index contributed by atoms with van der Waals surface area (Å²) >= 11 is 0. The average Bonchev–Trinajstić information content (AvgIpc) is 2.63. The number of carbonyl (C=O) groups excluding carboxylic acids is 1. The minimum Gasteiger partial charge on any atom is -0.340 e. The van der Waals surface area contributed by atoms with Gasteiger partial charge in [0.25, 0.3) is 0 Å². The Morgan fingerprint density at radius 1 is 1.18 bits per heavy atom. The third-order valence-corrected chi connectivity index (χ3v) is 3.88. The quantitative estimate of drug-likeness (QED) is 0.800. The third kappa shape index (κ3) is 3.44. The first kappa shape index (κ1) is 12.9. The highest BCUT2D eigenvalue weighted by Crippen LogP contribution is 2.27. The second-order valence-corrected chi connectivity index (χ2v) is 6.59. The number of nitrogens with zero attached hydrogens (tertiary/aromatic N) is 1. The maximum Gasteiger partial charge on any atom is 0.222 e. The van der Waals surface area contributed by atoms with E-state index >= 15 is 0 Å². The maximum absolute atomic E-state index is 11.7. The first-order valence-corrected chi connectivity index (χ1v) is 7.03. The molecule has 1 amide bonds. The molecule has 0 aromatic heterocycles. The Hall–Kier alpha value is -0.570. The van der Waals surface area contributed by atoms with Crippen molar-refractivity contribution in [3.8, 4) is 0 Å². The average molecular weight is 238 g/mol. The van der Waals surface area contributed by atoms with E-state index in [2.05, 4.69) is 31.0 Å². The molecule has 2 aliphatic rings. The fourth-order valence-electron chi connectivity index (χ4n) is 3.20. The van der Waals surface area contributed by atoms with Gasteiger partial charge in [-0.05, 0) is 52.9 Å². The van der Waals surface area contributed by atoms with Crippen molar-refractivity contribution < 1.29 is 4.79 Å². The van der Waals surface area contributed by atoms with E-state index in [1.165, 1.54) is 25.7 Å². The topological polar surface area (TPSA) is 32.3 Å². The van der Waals surface area contributed by atoms with Gasteiger partial charge in [0.15, 0.2) is 0 Å². The van der Waals surface area contributed by atoms with Crippen molar-refractivity contribution in [3.05, 3.63) is 0 Å². The lowest BCUT2D eigenvalue weighted by Gasteiger charge is -2.37. The second kappa shape index (κ2) is 4.97. The van der Waals surface area contributed by atoms with Gasteiger partial charge in [0.2, 0.25) is 5.91 Å². The van der Waals surface area contributed by atoms with E-state index in [-0.39, 0.29) is 5.54 Å². The first-order valence-electron chi connectivity index (χ1n) is 7.03. The Kier molecular flexibility index (Phi) is 3.76. The van der Waals surface area contributed by atoms with Crippen molar-refractivity contribution in [1.29, 1.82) is 0 Å². The minimum atomic E-state index is 0.209. The van der Waals surface area contributed by atoms with E-state index < -0.39 is 0 Å². The lowest BCUT2D eigenvalue weighted by atomic mass is 9.89. The van der Waals surface area contributed by atoms with Crippen molar-refractivity contribution >= 4 is 5.91 Å². The Morgan fingerprint density at radius 3 is 2.29 bits per heavy atom. The zero-order valence-electron chi connectivity index (χ0n) is 11.5. The van der Waals surface area contributed by atoms with Crippen molar-refractivity contribution in [1.82, 2.24) is 10.2 Å². The Bertz CT molecular complexity index is 274. The number of amides is 1. The van der Waals surface area contributed by atoms with Crippen LogP contribution in [0.4, 0.5) is 0 Å². The number of hydrogen-bond donors (Lipinski definition) is 1. The molecule has 0 radical (unpaired) electrons. The molecule has 17 heavy (non-hydrogen) atoms. The molecule has 3 nitrogen and oxygen atoms in total. The maximum atomic E-state index is 11.7. The van der Waals surface area contributed by atoms with Crippen LogP contribution in [0.15, 0.2) is 0 Å². The molecule has 0 atom stereocenters. The molecule has 1 saturated carbocycles. The summed E-state index contributed by atoms with van der Waals surface area (Å²) in [6.45, 7) is 7.68.